The van der Waals surface area contributed by atoms with E-state index < -0.39 is 0 Å². The van der Waals surface area contributed by atoms with E-state index in [9.17, 15) is 4.79 Å². The first-order chi connectivity index (χ1) is 13.2. The largest absolute Gasteiger partial charge is 0.487 e. The Morgan fingerprint density at radius 2 is 1.85 bits per heavy atom. The van der Waals surface area contributed by atoms with Crippen LogP contribution in [0.5, 0.6) is 5.75 Å². The maximum Gasteiger partial charge on any atom is 0.276 e. The van der Waals surface area contributed by atoms with Gasteiger partial charge in [0, 0.05) is 12.2 Å². The van der Waals surface area contributed by atoms with Gasteiger partial charge in [-0.1, -0.05) is 32.0 Å². The molecular weight excluding hydrogens is 340 g/mol. The van der Waals surface area contributed by atoms with E-state index in [2.05, 4.69) is 10.1 Å². The second-order valence-electron chi connectivity index (χ2n) is 5.96. The third-order valence-electron chi connectivity index (χ3n) is 4.17. The highest BCUT2D eigenvalue weighted by Gasteiger charge is 2.27. The highest BCUT2D eigenvalue weighted by molar-refractivity contribution is 6.05. The number of hydrogen-bond acceptors (Lipinski definition) is 4. The Morgan fingerprint density at radius 1 is 1.07 bits per heavy atom. The first-order valence-corrected chi connectivity index (χ1v) is 9.20. The fraction of sp³-hybridized carbons (Fsp3) is 0.286. The van der Waals surface area contributed by atoms with Crippen molar-refractivity contribution in [3.63, 3.8) is 0 Å². The summed E-state index contributed by atoms with van der Waals surface area (Å²) in [4.78, 5) is 18.8. The second kappa shape index (κ2) is 8.49. The van der Waals surface area contributed by atoms with Crippen molar-refractivity contribution in [2.45, 2.75) is 33.9 Å². The number of pyridine rings is 1. The number of para-hydroxylation sites is 1. The first kappa shape index (κ1) is 18.6. The standard InChI is InChI=1S/C19H18N4O2.C2H6/c1-14-7-8-16(12-20-14)22-9-10-23-18(19(22)24)11-15(21-23)13-25-17-5-3-2-4-6-17;1-2/h2-8,11-12H,9-10,13H2,1H3;1-2H3. The van der Waals surface area contributed by atoms with Crippen molar-refractivity contribution in [1.29, 1.82) is 0 Å². The Balaban J connectivity index is 0.00000102. The van der Waals surface area contributed by atoms with Gasteiger partial charge in [-0.05, 0) is 37.3 Å². The monoisotopic (exact) mass is 364 g/mol. The van der Waals surface area contributed by atoms with Crippen molar-refractivity contribution >= 4 is 11.6 Å². The average Bonchev–Trinajstić information content (AvgIpc) is 3.14. The Hall–Kier alpha value is -3.15. The normalized spacial score (nSPS) is 12.9. The summed E-state index contributed by atoms with van der Waals surface area (Å²) in [6.45, 7) is 7.50. The summed E-state index contributed by atoms with van der Waals surface area (Å²) in [5, 5.41) is 4.49. The Kier molecular flexibility index (Phi) is 5.86. The number of fused-ring (bicyclic) bond motifs is 1. The lowest BCUT2D eigenvalue weighted by molar-refractivity contribution is 0.0962. The van der Waals surface area contributed by atoms with Gasteiger partial charge in [-0.25, -0.2) is 0 Å². The van der Waals surface area contributed by atoms with Gasteiger partial charge in [-0.3, -0.25) is 14.5 Å². The van der Waals surface area contributed by atoms with Crippen LogP contribution in [-0.2, 0) is 13.2 Å². The van der Waals surface area contributed by atoms with Gasteiger partial charge in [0.05, 0.1) is 18.4 Å². The van der Waals surface area contributed by atoms with E-state index in [1.54, 1.807) is 21.8 Å². The number of carbonyl (C=O) groups is 1. The number of aryl methyl sites for hydroxylation is 1. The minimum absolute atomic E-state index is 0.0598. The molecule has 0 fully saturated rings. The predicted octanol–water partition coefficient (Wildman–Crippen LogP) is 3.85. The fourth-order valence-corrected chi connectivity index (χ4v) is 2.86. The van der Waals surface area contributed by atoms with E-state index in [4.69, 9.17) is 4.74 Å². The highest BCUT2D eigenvalue weighted by Crippen LogP contribution is 2.21. The quantitative estimate of drug-likeness (QED) is 0.705. The Labute approximate surface area is 159 Å². The van der Waals surface area contributed by atoms with Crippen LogP contribution in [0.3, 0.4) is 0 Å². The summed E-state index contributed by atoms with van der Waals surface area (Å²) in [6.07, 6.45) is 1.73. The Morgan fingerprint density at radius 3 is 2.56 bits per heavy atom. The van der Waals surface area contributed by atoms with Crippen LogP contribution in [0.25, 0.3) is 0 Å². The van der Waals surface area contributed by atoms with Gasteiger partial charge in [-0.2, -0.15) is 5.10 Å². The molecule has 0 saturated heterocycles. The molecule has 0 atom stereocenters. The molecule has 0 saturated carbocycles. The van der Waals surface area contributed by atoms with E-state index in [1.807, 2.05) is 63.2 Å². The number of benzene rings is 1. The smallest absolute Gasteiger partial charge is 0.276 e. The van der Waals surface area contributed by atoms with Crippen LogP contribution < -0.4 is 9.64 Å². The molecule has 140 valence electrons. The topological polar surface area (TPSA) is 60.2 Å². The van der Waals surface area contributed by atoms with Crippen LogP contribution in [0.15, 0.2) is 54.7 Å². The van der Waals surface area contributed by atoms with Crippen molar-refractivity contribution in [1.82, 2.24) is 14.8 Å². The van der Waals surface area contributed by atoms with Crippen LogP contribution in [0.1, 0.15) is 35.7 Å². The fourth-order valence-electron chi connectivity index (χ4n) is 2.86. The Bertz CT molecular complexity index is 888. The zero-order valence-corrected chi connectivity index (χ0v) is 15.9. The predicted molar refractivity (Wildman–Crippen MR) is 105 cm³/mol. The van der Waals surface area contributed by atoms with Gasteiger partial charge in [0.25, 0.3) is 5.91 Å². The number of carbonyl (C=O) groups excluding carboxylic acids is 1. The van der Waals surface area contributed by atoms with E-state index >= 15 is 0 Å². The van der Waals surface area contributed by atoms with E-state index in [-0.39, 0.29) is 5.91 Å². The zero-order valence-electron chi connectivity index (χ0n) is 15.9. The van der Waals surface area contributed by atoms with Gasteiger partial charge < -0.3 is 9.64 Å². The SMILES string of the molecule is CC.Cc1ccc(N2CCn3nc(COc4ccccc4)cc3C2=O)cn1. The van der Waals surface area contributed by atoms with Crippen molar-refractivity contribution < 1.29 is 9.53 Å². The summed E-state index contributed by atoms with van der Waals surface area (Å²) in [7, 11) is 0. The van der Waals surface area contributed by atoms with Crippen molar-refractivity contribution in [2.24, 2.45) is 0 Å². The van der Waals surface area contributed by atoms with Crippen molar-refractivity contribution in [3.05, 3.63) is 71.8 Å². The van der Waals surface area contributed by atoms with Gasteiger partial charge >= 0.3 is 0 Å². The number of nitrogens with zero attached hydrogens (tertiary/aromatic N) is 4. The molecule has 1 aliphatic rings. The van der Waals surface area contributed by atoms with E-state index in [0.29, 0.717) is 25.4 Å². The molecule has 1 amide bonds. The lowest BCUT2D eigenvalue weighted by Crippen LogP contribution is -2.40. The van der Waals surface area contributed by atoms with Crippen LogP contribution >= 0.6 is 0 Å². The number of hydrogen-bond donors (Lipinski definition) is 0. The minimum atomic E-state index is -0.0598. The molecule has 0 bridgehead atoms. The van der Waals surface area contributed by atoms with Crippen LogP contribution in [0.2, 0.25) is 0 Å². The summed E-state index contributed by atoms with van der Waals surface area (Å²) >= 11 is 0. The van der Waals surface area contributed by atoms with Gasteiger partial charge in [0.2, 0.25) is 0 Å². The molecule has 6 nitrogen and oxygen atoms in total. The number of aromatic nitrogens is 3. The van der Waals surface area contributed by atoms with Crippen LogP contribution in [0.4, 0.5) is 5.69 Å². The summed E-state index contributed by atoms with van der Waals surface area (Å²) in [5.41, 5.74) is 3.07. The molecule has 3 aromatic rings. The van der Waals surface area contributed by atoms with Crippen LogP contribution in [-0.4, -0.2) is 27.2 Å². The molecular formula is C21H24N4O2. The molecule has 0 N–H and O–H groups in total. The first-order valence-electron chi connectivity index (χ1n) is 9.20. The molecule has 0 aliphatic carbocycles. The molecule has 2 aromatic heterocycles. The molecule has 4 rings (SSSR count). The molecule has 6 heteroatoms. The van der Waals surface area contributed by atoms with Gasteiger partial charge in [0.1, 0.15) is 23.7 Å². The van der Waals surface area contributed by atoms with Crippen LogP contribution in [0, 0.1) is 6.92 Å². The molecule has 27 heavy (non-hydrogen) atoms. The number of amides is 1. The number of ether oxygens (including phenoxy) is 1. The molecule has 1 aromatic carbocycles. The molecule has 0 spiro atoms. The molecule has 3 heterocycles. The number of anilines is 1. The van der Waals surface area contributed by atoms with E-state index in [1.165, 1.54) is 0 Å². The molecule has 0 radical (unpaired) electrons. The third kappa shape index (κ3) is 4.16. The average molecular weight is 364 g/mol. The summed E-state index contributed by atoms with van der Waals surface area (Å²) in [5.74, 6) is 0.725. The minimum Gasteiger partial charge on any atom is -0.487 e. The lowest BCUT2D eigenvalue weighted by Gasteiger charge is -2.27. The third-order valence-corrected chi connectivity index (χ3v) is 4.17. The van der Waals surface area contributed by atoms with Gasteiger partial charge in [0.15, 0.2) is 0 Å². The van der Waals surface area contributed by atoms with Crippen molar-refractivity contribution in [3.8, 4) is 5.75 Å². The maximum absolute atomic E-state index is 12.8. The second-order valence-corrected chi connectivity index (χ2v) is 5.96. The van der Waals surface area contributed by atoms with Crippen molar-refractivity contribution in [2.75, 3.05) is 11.4 Å². The molecule has 1 aliphatic heterocycles. The maximum atomic E-state index is 12.8. The highest BCUT2D eigenvalue weighted by atomic mass is 16.5. The summed E-state index contributed by atoms with van der Waals surface area (Å²) in [6, 6.07) is 15.2. The van der Waals surface area contributed by atoms with Gasteiger partial charge in [-0.15, -0.1) is 0 Å². The lowest BCUT2D eigenvalue weighted by atomic mass is 10.2. The zero-order chi connectivity index (χ0) is 19.2. The van der Waals surface area contributed by atoms with E-state index in [0.717, 1.165) is 22.8 Å². The molecule has 0 unspecified atom stereocenters. The summed E-state index contributed by atoms with van der Waals surface area (Å²) < 4.78 is 7.47. The number of rotatable bonds is 4.